The third-order valence-corrected chi connectivity index (χ3v) is 4.15. The monoisotopic (exact) mass is 381 g/mol. The van der Waals surface area contributed by atoms with E-state index in [9.17, 15) is 18.4 Å². The number of anilines is 1. The van der Waals surface area contributed by atoms with E-state index in [1.807, 2.05) is 0 Å². The zero-order valence-electron chi connectivity index (χ0n) is 14.3. The number of amides is 2. The molecule has 140 valence electrons. The van der Waals surface area contributed by atoms with Gasteiger partial charge in [-0.1, -0.05) is 0 Å². The lowest BCUT2D eigenvalue weighted by Gasteiger charge is -2.08. The van der Waals surface area contributed by atoms with Gasteiger partial charge in [-0.05, 0) is 42.0 Å². The summed E-state index contributed by atoms with van der Waals surface area (Å²) in [6.07, 6.45) is 1.35. The van der Waals surface area contributed by atoms with Gasteiger partial charge in [-0.25, -0.2) is 13.8 Å². The number of carbonyl (C=O) groups excluding carboxylic acids is 2. The van der Waals surface area contributed by atoms with Gasteiger partial charge in [0.2, 0.25) is 5.88 Å². The molecule has 2 heterocycles. The summed E-state index contributed by atoms with van der Waals surface area (Å²) in [5, 5.41) is 5.38. The predicted molar refractivity (Wildman–Crippen MR) is 96.2 cm³/mol. The topological polar surface area (TPSA) is 80.3 Å². The van der Waals surface area contributed by atoms with Crippen LogP contribution in [0.3, 0.4) is 0 Å². The number of carbonyl (C=O) groups is 2. The van der Waals surface area contributed by atoms with E-state index in [2.05, 4.69) is 15.6 Å². The second kappa shape index (κ2) is 7.07. The first kappa shape index (κ1) is 17.6. The summed E-state index contributed by atoms with van der Waals surface area (Å²) in [5.41, 5.74) is 2.14. The minimum atomic E-state index is -0.844. The molecule has 2 N–H and O–H groups in total. The zero-order valence-corrected chi connectivity index (χ0v) is 14.3. The van der Waals surface area contributed by atoms with Crippen molar-refractivity contribution in [2.24, 2.45) is 0 Å². The number of aromatic nitrogens is 1. The fraction of sp³-hybridized carbons (Fsp3) is 0.0500. The first-order valence-electron chi connectivity index (χ1n) is 8.31. The van der Waals surface area contributed by atoms with Crippen LogP contribution in [-0.2, 0) is 6.54 Å². The van der Waals surface area contributed by atoms with Gasteiger partial charge in [-0.2, -0.15) is 0 Å². The van der Waals surface area contributed by atoms with Gasteiger partial charge in [0.15, 0.2) is 11.6 Å². The van der Waals surface area contributed by atoms with E-state index in [4.69, 9.17) is 4.74 Å². The number of hydrogen-bond acceptors (Lipinski definition) is 4. The molecule has 0 aliphatic carbocycles. The summed E-state index contributed by atoms with van der Waals surface area (Å²) in [6, 6.07) is 10.8. The summed E-state index contributed by atoms with van der Waals surface area (Å²) in [5.74, 6) is -2.13. The number of rotatable bonds is 4. The third-order valence-electron chi connectivity index (χ3n) is 4.15. The maximum atomic E-state index is 13.6. The molecule has 0 bridgehead atoms. The Kier molecular flexibility index (Phi) is 4.44. The molecule has 0 fully saturated rings. The maximum Gasteiger partial charge on any atom is 0.255 e. The van der Waals surface area contributed by atoms with Crippen LogP contribution in [0.15, 0.2) is 54.7 Å². The second-order valence-electron chi connectivity index (χ2n) is 6.07. The van der Waals surface area contributed by atoms with Crippen molar-refractivity contribution in [2.45, 2.75) is 6.54 Å². The van der Waals surface area contributed by atoms with E-state index in [-0.39, 0.29) is 23.4 Å². The lowest BCUT2D eigenvalue weighted by Crippen LogP contribution is -2.12. The first-order valence-corrected chi connectivity index (χ1v) is 8.31. The number of hydrogen-bond donors (Lipinski definition) is 2. The highest BCUT2D eigenvalue weighted by atomic mass is 19.1. The van der Waals surface area contributed by atoms with Gasteiger partial charge in [0.05, 0.1) is 11.9 Å². The molecule has 0 spiro atoms. The molecule has 2 amide bonds. The maximum absolute atomic E-state index is 13.6. The number of ether oxygens (including phenoxy) is 1. The van der Waals surface area contributed by atoms with Crippen LogP contribution >= 0.6 is 0 Å². The number of pyridine rings is 1. The number of fused-ring (bicyclic) bond motifs is 1. The van der Waals surface area contributed by atoms with Crippen LogP contribution < -0.4 is 15.4 Å². The molecule has 0 radical (unpaired) electrons. The van der Waals surface area contributed by atoms with Gasteiger partial charge in [-0.15, -0.1) is 0 Å². The van der Waals surface area contributed by atoms with Crippen LogP contribution in [0.4, 0.5) is 14.5 Å². The molecule has 6 nitrogen and oxygen atoms in total. The van der Waals surface area contributed by atoms with Gasteiger partial charge in [0, 0.05) is 29.8 Å². The second-order valence-corrected chi connectivity index (χ2v) is 6.07. The highest BCUT2D eigenvalue weighted by Crippen LogP contribution is 2.24. The molecule has 3 aromatic rings. The summed E-state index contributed by atoms with van der Waals surface area (Å²) >= 11 is 0. The summed E-state index contributed by atoms with van der Waals surface area (Å²) in [6.45, 7) is 0.392. The Bertz CT molecular complexity index is 1080. The minimum Gasteiger partial charge on any atom is -0.436 e. The third kappa shape index (κ3) is 3.52. The molecular weight excluding hydrogens is 368 g/mol. The molecule has 1 aliphatic rings. The van der Waals surface area contributed by atoms with Crippen molar-refractivity contribution in [3.05, 3.63) is 83.1 Å². The quantitative estimate of drug-likeness (QED) is 0.723. The molecule has 8 heteroatoms. The Morgan fingerprint density at radius 3 is 2.71 bits per heavy atom. The van der Waals surface area contributed by atoms with Crippen molar-refractivity contribution in [2.75, 3.05) is 5.32 Å². The SMILES string of the molecule is O=C(Nc1ccc(Oc2ccc(F)cc2F)nc1)c1ccc2c(c1)CNC2=O. The van der Waals surface area contributed by atoms with Crippen LogP contribution in [0.1, 0.15) is 26.3 Å². The van der Waals surface area contributed by atoms with Crippen molar-refractivity contribution < 1.29 is 23.1 Å². The van der Waals surface area contributed by atoms with Crippen molar-refractivity contribution in [3.63, 3.8) is 0 Å². The van der Waals surface area contributed by atoms with Crippen LogP contribution in [0.2, 0.25) is 0 Å². The van der Waals surface area contributed by atoms with E-state index in [1.165, 1.54) is 12.3 Å². The van der Waals surface area contributed by atoms with Crippen LogP contribution in [-0.4, -0.2) is 16.8 Å². The van der Waals surface area contributed by atoms with Crippen LogP contribution in [0, 0.1) is 11.6 Å². The van der Waals surface area contributed by atoms with Crippen LogP contribution in [0.5, 0.6) is 11.6 Å². The molecule has 0 unspecified atom stereocenters. The number of nitrogens with zero attached hydrogens (tertiary/aromatic N) is 1. The van der Waals surface area contributed by atoms with Gasteiger partial charge in [0.1, 0.15) is 5.82 Å². The molecule has 28 heavy (non-hydrogen) atoms. The van der Waals surface area contributed by atoms with Crippen molar-refractivity contribution in [1.29, 1.82) is 0 Å². The van der Waals surface area contributed by atoms with E-state index < -0.39 is 11.6 Å². The van der Waals surface area contributed by atoms with Gasteiger partial charge in [-0.3, -0.25) is 9.59 Å². The lowest BCUT2D eigenvalue weighted by molar-refractivity contribution is 0.0964. The van der Waals surface area contributed by atoms with Crippen molar-refractivity contribution >= 4 is 17.5 Å². The van der Waals surface area contributed by atoms with Gasteiger partial charge < -0.3 is 15.4 Å². The predicted octanol–water partition coefficient (Wildman–Crippen LogP) is 3.65. The fourth-order valence-corrected chi connectivity index (χ4v) is 2.76. The summed E-state index contributed by atoms with van der Waals surface area (Å²) in [4.78, 5) is 28.0. The van der Waals surface area contributed by atoms with Crippen LogP contribution in [0.25, 0.3) is 0 Å². The Morgan fingerprint density at radius 2 is 1.96 bits per heavy atom. The molecule has 4 rings (SSSR count). The van der Waals surface area contributed by atoms with Gasteiger partial charge in [0.25, 0.3) is 11.8 Å². The highest BCUT2D eigenvalue weighted by molar-refractivity contribution is 6.06. The van der Waals surface area contributed by atoms with E-state index in [0.29, 0.717) is 29.4 Å². The normalized spacial score (nSPS) is 12.3. The van der Waals surface area contributed by atoms with Gasteiger partial charge >= 0.3 is 0 Å². The average Bonchev–Trinajstić information content (AvgIpc) is 3.06. The molecule has 0 saturated carbocycles. The van der Waals surface area contributed by atoms with E-state index >= 15 is 0 Å². The molecule has 0 saturated heterocycles. The molecule has 0 atom stereocenters. The fourth-order valence-electron chi connectivity index (χ4n) is 2.76. The van der Waals surface area contributed by atoms with E-state index in [0.717, 1.165) is 17.7 Å². The number of halogens is 2. The molecule has 1 aliphatic heterocycles. The minimum absolute atomic E-state index is 0.0885. The average molecular weight is 381 g/mol. The summed E-state index contributed by atoms with van der Waals surface area (Å²) in [7, 11) is 0. The molecular formula is C20H13F2N3O3. The first-order chi connectivity index (χ1) is 13.5. The Balaban J connectivity index is 1.44. The Morgan fingerprint density at radius 1 is 1.11 bits per heavy atom. The molecule has 1 aromatic heterocycles. The number of benzene rings is 2. The Labute approximate surface area is 158 Å². The lowest BCUT2D eigenvalue weighted by atomic mass is 10.1. The molecule has 2 aromatic carbocycles. The largest absolute Gasteiger partial charge is 0.436 e. The van der Waals surface area contributed by atoms with Crippen molar-refractivity contribution in [3.8, 4) is 11.6 Å². The zero-order chi connectivity index (χ0) is 19.7. The number of nitrogens with one attached hydrogen (secondary N) is 2. The van der Waals surface area contributed by atoms with Crippen molar-refractivity contribution in [1.82, 2.24) is 10.3 Å². The highest BCUT2D eigenvalue weighted by Gasteiger charge is 2.20. The van der Waals surface area contributed by atoms with E-state index in [1.54, 1.807) is 24.3 Å². The summed E-state index contributed by atoms with van der Waals surface area (Å²) < 4.78 is 31.8. The Hall–Kier alpha value is -3.81. The standard InChI is InChI=1S/C20H13F2N3O3/c21-13-2-5-17(16(22)8-13)28-18-6-3-14(10-23-18)25-19(26)11-1-4-15-12(7-11)9-24-20(15)27/h1-8,10H,9H2,(H,24,27)(H,25,26). The smallest absolute Gasteiger partial charge is 0.255 e.